The monoisotopic (exact) mass is 372 g/mol. The molecule has 4 nitrogen and oxygen atoms in total. The minimum Gasteiger partial charge on any atom is -0.303 e. The summed E-state index contributed by atoms with van der Waals surface area (Å²) >= 11 is 7.02. The molecule has 2 aromatic rings. The van der Waals surface area contributed by atoms with Crippen molar-refractivity contribution >= 4 is 31.9 Å². The van der Waals surface area contributed by atoms with E-state index in [0.717, 1.165) is 14.8 Å². The summed E-state index contributed by atoms with van der Waals surface area (Å²) in [7, 11) is 1.87. The largest absolute Gasteiger partial charge is 0.303 e. The van der Waals surface area contributed by atoms with Gasteiger partial charge in [0.25, 0.3) is 0 Å². The summed E-state index contributed by atoms with van der Waals surface area (Å²) in [6.45, 7) is 2.78. The van der Waals surface area contributed by atoms with Gasteiger partial charge in [0.05, 0.1) is 6.54 Å². The van der Waals surface area contributed by atoms with Crippen LogP contribution in [-0.4, -0.2) is 14.8 Å². The number of hydrogen-bond acceptors (Lipinski definition) is 3. The first kappa shape index (κ1) is 13.7. The molecule has 0 radical (unpaired) electrons. The summed E-state index contributed by atoms with van der Waals surface area (Å²) in [5.74, 6) is 0.803. The van der Waals surface area contributed by atoms with Crippen LogP contribution in [0.3, 0.4) is 0 Å². The quantitative estimate of drug-likeness (QED) is 0.894. The van der Waals surface area contributed by atoms with Crippen LogP contribution in [0.2, 0.25) is 0 Å². The van der Waals surface area contributed by atoms with E-state index in [1.807, 2.05) is 19.2 Å². The molecule has 0 bridgehead atoms. The lowest BCUT2D eigenvalue weighted by molar-refractivity contribution is 0.554. The number of nitrogens with zero attached hydrogens (tertiary/aromatic N) is 3. The normalized spacial score (nSPS) is 12.7. The van der Waals surface area contributed by atoms with Gasteiger partial charge in [0.1, 0.15) is 6.33 Å². The second kappa shape index (κ2) is 5.95. The predicted octanol–water partition coefficient (Wildman–Crippen LogP) is 3.19. The van der Waals surface area contributed by atoms with Gasteiger partial charge in [0, 0.05) is 22.0 Å². The lowest BCUT2D eigenvalue weighted by atomic mass is 10.1. The number of aryl methyl sites for hydroxylation is 1. The van der Waals surface area contributed by atoms with Crippen molar-refractivity contribution in [1.29, 1.82) is 0 Å². The molecule has 1 unspecified atom stereocenters. The van der Waals surface area contributed by atoms with E-state index in [0.29, 0.717) is 6.54 Å². The maximum Gasteiger partial charge on any atom is 0.164 e. The van der Waals surface area contributed by atoms with Gasteiger partial charge in [-0.1, -0.05) is 37.9 Å². The fourth-order valence-electron chi connectivity index (χ4n) is 1.67. The van der Waals surface area contributed by atoms with Crippen molar-refractivity contribution in [1.82, 2.24) is 20.1 Å². The molecule has 0 saturated carbocycles. The topological polar surface area (TPSA) is 42.7 Å². The number of halogens is 2. The molecule has 18 heavy (non-hydrogen) atoms. The van der Waals surface area contributed by atoms with Crippen molar-refractivity contribution < 1.29 is 0 Å². The van der Waals surface area contributed by atoms with E-state index in [2.05, 4.69) is 60.2 Å². The SMILES string of the molecule is CC(NCc1ncn(C)n1)c1ccc(Br)cc1Br. The molecule has 0 aliphatic rings. The van der Waals surface area contributed by atoms with E-state index in [4.69, 9.17) is 0 Å². The molecule has 1 heterocycles. The highest BCUT2D eigenvalue weighted by Crippen LogP contribution is 2.26. The van der Waals surface area contributed by atoms with E-state index >= 15 is 0 Å². The van der Waals surface area contributed by atoms with Crippen LogP contribution in [0.5, 0.6) is 0 Å². The summed E-state index contributed by atoms with van der Waals surface area (Å²) in [5.41, 5.74) is 1.22. The number of rotatable bonds is 4. The van der Waals surface area contributed by atoms with Gasteiger partial charge >= 0.3 is 0 Å². The molecule has 0 aliphatic heterocycles. The van der Waals surface area contributed by atoms with Gasteiger partial charge in [-0.15, -0.1) is 0 Å². The van der Waals surface area contributed by atoms with E-state index in [9.17, 15) is 0 Å². The van der Waals surface area contributed by atoms with E-state index in [1.165, 1.54) is 5.56 Å². The van der Waals surface area contributed by atoms with Crippen molar-refractivity contribution in [3.05, 3.63) is 44.9 Å². The van der Waals surface area contributed by atoms with Crippen LogP contribution in [0.1, 0.15) is 24.4 Å². The molecule has 0 fully saturated rings. The smallest absolute Gasteiger partial charge is 0.164 e. The Morgan fingerprint density at radius 1 is 1.39 bits per heavy atom. The van der Waals surface area contributed by atoms with Gasteiger partial charge < -0.3 is 5.32 Å². The Bertz CT molecular complexity index is 539. The zero-order chi connectivity index (χ0) is 13.1. The van der Waals surface area contributed by atoms with Crippen LogP contribution in [0.15, 0.2) is 33.5 Å². The summed E-state index contributed by atoms with van der Waals surface area (Å²) in [6, 6.07) is 6.41. The number of nitrogens with one attached hydrogen (secondary N) is 1. The van der Waals surface area contributed by atoms with Gasteiger partial charge in [0.2, 0.25) is 0 Å². The van der Waals surface area contributed by atoms with Crippen molar-refractivity contribution in [2.75, 3.05) is 0 Å². The molecule has 1 N–H and O–H groups in total. The molecular formula is C12H14Br2N4. The Kier molecular flexibility index (Phi) is 4.53. The Balaban J connectivity index is 2.01. The molecule has 1 aromatic carbocycles. The van der Waals surface area contributed by atoms with Gasteiger partial charge in [0.15, 0.2) is 5.82 Å². The van der Waals surface area contributed by atoms with Gasteiger partial charge in [-0.05, 0) is 24.6 Å². The zero-order valence-corrected chi connectivity index (χ0v) is 13.4. The number of aromatic nitrogens is 3. The fraction of sp³-hybridized carbons (Fsp3) is 0.333. The molecule has 0 amide bonds. The third kappa shape index (κ3) is 3.40. The minimum absolute atomic E-state index is 0.233. The Morgan fingerprint density at radius 3 is 2.78 bits per heavy atom. The second-order valence-corrected chi connectivity index (χ2v) is 5.87. The zero-order valence-electron chi connectivity index (χ0n) is 10.2. The predicted molar refractivity (Wildman–Crippen MR) is 78.1 cm³/mol. The Morgan fingerprint density at radius 2 is 2.17 bits per heavy atom. The Labute approximate surface area is 123 Å². The maximum absolute atomic E-state index is 4.24. The highest BCUT2D eigenvalue weighted by atomic mass is 79.9. The van der Waals surface area contributed by atoms with Crippen molar-refractivity contribution in [3.63, 3.8) is 0 Å². The fourth-order valence-corrected chi connectivity index (χ4v) is 3.06. The average Bonchev–Trinajstić information content (AvgIpc) is 2.72. The van der Waals surface area contributed by atoms with Gasteiger partial charge in [-0.3, -0.25) is 4.68 Å². The first-order valence-electron chi connectivity index (χ1n) is 5.59. The second-order valence-electron chi connectivity index (χ2n) is 4.10. The summed E-state index contributed by atoms with van der Waals surface area (Å²) in [6.07, 6.45) is 1.71. The lowest BCUT2D eigenvalue weighted by Crippen LogP contribution is -2.19. The Hall–Kier alpha value is -0.720. The average molecular weight is 374 g/mol. The molecule has 96 valence electrons. The third-order valence-electron chi connectivity index (χ3n) is 2.64. The summed E-state index contributed by atoms with van der Waals surface area (Å²) in [4.78, 5) is 4.19. The molecule has 6 heteroatoms. The molecule has 0 aliphatic carbocycles. The van der Waals surface area contributed by atoms with Crippen LogP contribution in [0, 0.1) is 0 Å². The molecule has 1 atom stereocenters. The maximum atomic E-state index is 4.24. The molecule has 2 rings (SSSR count). The molecule has 0 saturated heterocycles. The molecule has 0 spiro atoms. The standard InChI is InChI=1S/C12H14Br2N4/c1-8(10-4-3-9(13)5-11(10)14)15-6-12-16-7-18(2)17-12/h3-5,7-8,15H,6H2,1-2H3. The molecule has 1 aromatic heterocycles. The van der Waals surface area contributed by atoms with Crippen LogP contribution in [0.4, 0.5) is 0 Å². The minimum atomic E-state index is 0.233. The first-order chi connectivity index (χ1) is 8.56. The lowest BCUT2D eigenvalue weighted by Gasteiger charge is -2.15. The van der Waals surface area contributed by atoms with Crippen LogP contribution in [0.25, 0.3) is 0 Å². The highest BCUT2D eigenvalue weighted by Gasteiger charge is 2.10. The van der Waals surface area contributed by atoms with Crippen LogP contribution >= 0.6 is 31.9 Å². The molecular weight excluding hydrogens is 360 g/mol. The summed E-state index contributed by atoms with van der Waals surface area (Å²) < 4.78 is 3.86. The van der Waals surface area contributed by atoms with Crippen molar-refractivity contribution in [3.8, 4) is 0 Å². The number of hydrogen-bond donors (Lipinski definition) is 1. The van der Waals surface area contributed by atoms with E-state index in [1.54, 1.807) is 11.0 Å². The van der Waals surface area contributed by atoms with Crippen molar-refractivity contribution in [2.45, 2.75) is 19.5 Å². The van der Waals surface area contributed by atoms with Gasteiger partial charge in [-0.25, -0.2) is 4.98 Å². The summed E-state index contributed by atoms with van der Waals surface area (Å²) in [5, 5.41) is 7.64. The first-order valence-corrected chi connectivity index (χ1v) is 7.17. The highest BCUT2D eigenvalue weighted by molar-refractivity contribution is 9.11. The van der Waals surface area contributed by atoms with Crippen LogP contribution in [-0.2, 0) is 13.6 Å². The third-order valence-corrected chi connectivity index (χ3v) is 3.82. The van der Waals surface area contributed by atoms with E-state index in [-0.39, 0.29) is 6.04 Å². The number of benzene rings is 1. The van der Waals surface area contributed by atoms with E-state index < -0.39 is 0 Å². The van der Waals surface area contributed by atoms with Crippen LogP contribution < -0.4 is 5.32 Å². The van der Waals surface area contributed by atoms with Crippen molar-refractivity contribution in [2.24, 2.45) is 7.05 Å². The van der Waals surface area contributed by atoms with Gasteiger partial charge in [-0.2, -0.15) is 5.10 Å².